The zero-order chi connectivity index (χ0) is 12.3. The van der Waals surface area contributed by atoms with Gasteiger partial charge in [0.05, 0.1) is 24.1 Å². The maximum Gasteiger partial charge on any atom is 0.106 e. The molecule has 0 saturated carbocycles. The van der Waals surface area contributed by atoms with Gasteiger partial charge in [0.2, 0.25) is 0 Å². The quantitative estimate of drug-likeness (QED) is 0.835. The minimum Gasteiger partial charge on any atom is -0.389 e. The van der Waals surface area contributed by atoms with E-state index in [4.69, 9.17) is 5.26 Å². The SMILES string of the molecule is N#CCC(O)C(O)c1ccc2cccnc2c1. The molecule has 4 nitrogen and oxygen atoms in total. The Morgan fingerprint density at radius 1 is 1.29 bits per heavy atom. The molecular weight excluding hydrogens is 216 g/mol. The minimum absolute atomic E-state index is 0.0958. The van der Waals surface area contributed by atoms with E-state index in [0.29, 0.717) is 5.56 Å². The number of aromatic nitrogens is 1. The average Bonchev–Trinajstić information content (AvgIpc) is 2.37. The van der Waals surface area contributed by atoms with Gasteiger partial charge in [-0.15, -0.1) is 0 Å². The van der Waals surface area contributed by atoms with Crippen LogP contribution in [0, 0.1) is 11.3 Å². The zero-order valence-corrected chi connectivity index (χ0v) is 9.11. The van der Waals surface area contributed by atoms with E-state index >= 15 is 0 Å². The number of aliphatic hydroxyl groups is 2. The predicted molar refractivity (Wildman–Crippen MR) is 62.9 cm³/mol. The van der Waals surface area contributed by atoms with Crippen molar-refractivity contribution in [2.45, 2.75) is 18.6 Å². The topological polar surface area (TPSA) is 77.1 Å². The van der Waals surface area contributed by atoms with Crippen molar-refractivity contribution >= 4 is 10.9 Å². The molecule has 2 N–H and O–H groups in total. The van der Waals surface area contributed by atoms with Gasteiger partial charge in [-0.25, -0.2) is 0 Å². The summed E-state index contributed by atoms with van der Waals surface area (Å²) in [5.74, 6) is 0. The number of nitrogens with zero attached hydrogens (tertiary/aromatic N) is 2. The van der Waals surface area contributed by atoms with Crippen molar-refractivity contribution in [2.24, 2.45) is 0 Å². The van der Waals surface area contributed by atoms with E-state index in [1.54, 1.807) is 18.3 Å². The van der Waals surface area contributed by atoms with Gasteiger partial charge in [0.1, 0.15) is 6.10 Å². The molecule has 0 amide bonds. The maximum absolute atomic E-state index is 9.85. The Morgan fingerprint density at radius 2 is 2.12 bits per heavy atom. The summed E-state index contributed by atoms with van der Waals surface area (Å²) in [6.45, 7) is 0. The van der Waals surface area contributed by atoms with Crippen LogP contribution in [0.1, 0.15) is 18.1 Å². The second-order valence-electron chi connectivity index (χ2n) is 3.83. The molecule has 86 valence electrons. The van der Waals surface area contributed by atoms with Gasteiger partial charge in [-0.2, -0.15) is 5.26 Å². The average molecular weight is 228 g/mol. The number of hydrogen-bond acceptors (Lipinski definition) is 4. The summed E-state index contributed by atoms with van der Waals surface area (Å²) < 4.78 is 0. The van der Waals surface area contributed by atoms with Crippen molar-refractivity contribution in [3.63, 3.8) is 0 Å². The predicted octanol–water partition coefficient (Wildman–Crippen LogP) is 1.54. The molecule has 0 aliphatic heterocycles. The van der Waals surface area contributed by atoms with Crippen molar-refractivity contribution in [3.05, 3.63) is 42.1 Å². The third kappa shape index (κ3) is 2.41. The first-order chi connectivity index (χ1) is 8.22. The molecule has 2 unspecified atom stereocenters. The van der Waals surface area contributed by atoms with E-state index in [-0.39, 0.29) is 6.42 Å². The Kier molecular flexibility index (Phi) is 3.33. The molecule has 2 atom stereocenters. The second kappa shape index (κ2) is 4.91. The molecule has 1 aromatic carbocycles. The highest BCUT2D eigenvalue weighted by molar-refractivity contribution is 5.78. The molecule has 0 radical (unpaired) electrons. The number of pyridine rings is 1. The van der Waals surface area contributed by atoms with E-state index in [9.17, 15) is 10.2 Å². The van der Waals surface area contributed by atoms with Crippen LogP contribution in [0.3, 0.4) is 0 Å². The monoisotopic (exact) mass is 228 g/mol. The van der Waals surface area contributed by atoms with Crippen LogP contribution in [0.5, 0.6) is 0 Å². The van der Waals surface area contributed by atoms with Crippen molar-refractivity contribution in [1.82, 2.24) is 4.98 Å². The van der Waals surface area contributed by atoms with Crippen LogP contribution in [0.4, 0.5) is 0 Å². The molecule has 2 aromatic rings. The fourth-order valence-corrected chi connectivity index (χ4v) is 1.69. The van der Waals surface area contributed by atoms with Crippen LogP contribution in [0.2, 0.25) is 0 Å². The molecule has 0 aliphatic carbocycles. The highest BCUT2D eigenvalue weighted by atomic mass is 16.3. The highest BCUT2D eigenvalue weighted by Gasteiger charge is 2.18. The summed E-state index contributed by atoms with van der Waals surface area (Å²) in [6, 6.07) is 10.9. The van der Waals surface area contributed by atoms with Gasteiger partial charge >= 0.3 is 0 Å². The molecule has 0 bridgehead atoms. The van der Waals surface area contributed by atoms with E-state index in [1.807, 2.05) is 24.3 Å². The van der Waals surface area contributed by atoms with Gasteiger partial charge in [0.25, 0.3) is 0 Å². The van der Waals surface area contributed by atoms with E-state index in [0.717, 1.165) is 10.9 Å². The molecular formula is C13H12N2O2. The van der Waals surface area contributed by atoms with Crippen molar-refractivity contribution in [3.8, 4) is 6.07 Å². The normalized spacial score (nSPS) is 14.2. The van der Waals surface area contributed by atoms with Crippen LogP contribution in [0.25, 0.3) is 10.9 Å². The lowest BCUT2D eigenvalue weighted by molar-refractivity contribution is 0.0217. The first-order valence-corrected chi connectivity index (χ1v) is 5.30. The van der Waals surface area contributed by atoms with Crippen LogP contribution < -0.4 is 0 Å². The first kappa shape index (κ1) is 11.5. The number of benzene rings is 1. The molecule has 0 aliphatic rings. The fourth-order valence-electron chi connectivity index (χ4n) is 1.69. The Balaban J connectivity index is 2.33. The highest BCUT2D eigenvalue weighted by Crippen LogP contribution is 2.22. The second-order valence-corrected chi connectivity index (χ2v) is 3.83. The Labute approximate surface area is 98.8 Å². The number of rotatable bonds is 3. The van der Waals surface area contributed by atoms with Gasteiger partial charge in [0, 0.05) is 11.6 Å². The van der Waals surface area contributed by atoms with Crippen LogP contribution in [-0.4, -0.2) is 21.3 Å². The minimum atomic E-state index is -1.07. The van der Waals surface area contributed by atoms with Gasteiger partial charge in [-0.05, 0) is 17.7 Å². The van der Waals surface area contributed by atoms with Crippen LogP contribution in [-0.2, 0) is 0 Å². The summed E-state index contributed by atoms with van der Waals surface area (Å²) in [4.78, 5) is 4.17. The molecule has 1 aromatic heterocycles. The summed E-state index contributed by atoms with van der Waals surface area (Å²) >= 11 is 0. The van der Waals surface area contributed by atoms with E-state index in [1.165, 1.54) is 0 Å². The summed E-state index contributed by atoms with van der Waals surface area (Å²) in [5.41, 5.74) is 1.33. The summed E-state index contributed by atoms with van der Waals surface area (Å²) in [5, 5.41) is 28.8. The standard InChI is InChI=1S/C13H12N2O2/c14-6-5-12(16)13(17)10-4-3-9-2-1-7-15-11(9)8-10/h1-4,7-8,12-13,16-17H,5H2. The molecule has 0 fully saturated rings. The molecule has 4 heteroatoms. The smallest absolute Gasteiger partial charge is 0.106 e. The Hall–Kier alpha value is -1.96. The van der Waals surface area contributed by atoms with Crippen molar-refractivity contribution in [1.29, 1.82) is 5.26 Å². The first-order valence-electron chi connectivity index (χ1n) is 5.30. The van der Waals surface area contributed by atoms with Gasteiger partial charge < -0.3 is 10.2 Å². The van der Waals surface area contributed by atoms with Crippen molar-refractivity contribution in [2.75, 3.05) is 0 Å². The molecule has 1 heterocycles. The number of hydrogen-bond donors (Lipinski definition) is 2. The third-order valence-electron chi connectivity index (χ3n) is 2.64. The molecule has 17 heavy (non-hydrogen) atoms. The summed E-state index contributed by atoms with van der Waals surface area (Å²) in [6.07, 6.45) is -0.548. The molecule has 0 saturated heterocycles. The lowest BCUT2D eigenvalue weighted by Gasteiger charge is -2.15. The van der Waals surface area contributed by atoms with E-state index < -0.39 is 12.2 Å². The maximum atomic E-state index is 9.85. The third-order valence-corrected chi connectivity index (χ3v) is 2.64. The lowest BCUT2D eigenvalue weighted by Crippen LogP contribution is -2.17. The molecule has 0 spiro atoms. The number of aliphatic hydroxyl groups excluding tert-OH is 2. The summed E-state index contributed by atoms with van der Waals surface area (Å²) in [7, 11) is 0. The Bertz CT molecular complexity index is 563. The van der Waals surface area contributed by atoms with Gasteiger partial charge in [-0.3, -0.25) is 4.98 Å². The fraction of sp³-hybridized carbons (Fsp3) is 0.231. The number of nitriles is 1. The van der Waals surface area contributed by atoms with Gasteiger partial charge in [-0.1, -0.05) is 18.2 Å². The van der Waals surface area contributed by atoms with Crippen LogP contribution in [0.15, 0.2) is 36.5 Å². The van der Waals surface area contributed by atoms with Crippen molar-refractivity contribution < 1.29 is 10.2 Å². The van der Waals surface area contributed by atoms with Gasteiger partial charge in [0.15, 0.2) is 0 Å². The van der Waals surface area contributed by atoms with Crippen LogP contribution >= 0.6 is 0 Å². The zero-order valence-electron chi connectivity index (χ0n) is 9.11. The largest absolute Gasteiger partial charge is 0.389 e. The lowest BCUT2D eigenvalue weighted by atomic mass is 10.0. The van der Waals surface area contributed by atoms with E-state index in [2.05, 4.69) is 4.98 Å². The number of fused-ring (bicyclic) bond motifs is 1. The Morgan fingerprint density at radius 3 is 2.88 bits per heavy atom. The molecule has 2 rings (SSSR count).